The summed E-state index contributed by atoms with van der Waals surface area (Å²) >= 11 is 0. The van der Waals surface area contributed by atoms with Crippen LogP contribution in [0, 0.1) is 0 Å². The van der Waals surface area contributed by atoms with Crippen LogP contribution >= 0.6 is 0 Å². The van der Waals surface area contributed by atoms with Gasteiger partial charge in [-0.05, 0) is 24.6 Å². The van der Waals surface area contributed by atoms with E-state index in [1.54, 1.807) is 19.1 Å². The molecule has 0 aliphatic rings. The monoisotopic (exact) mass is 273 g/mol. The molecule has 0 saturated heterocycles. The first-order chi connectivity index (χ1) is 9.58. The van der Waals surface area contributed by atoms with E-state index < -0.39 is 12.1 Å². The number of rotatable bonds is 5. The van der Waals surface area contributed by atoms with Gasteiger partial charge >= 0.3 is 0 Å². The van der Waals surface area contributed by atoms with Gasteiger partial charge in [-0.2, -0.15) is 0 Å². The fourth-order valence-corrected chi connectivity index (χ4v) is 1.90. The molecule has 0 saturated carbocycles. The molecule has 0 spiro atoms. The van der Waals surface area contributed by atoms with Gasteiger partial charge in [0.2, 0.25) is 0 Å². The van der Waals surface area contributed by atoms with E-state index in [4.69, 9.17) is 10.5 Å². The molecular weight excluding hydrogens is 254 g/mol. The number of hydrogen-bond acceptors (Lipinski definition) is 4. The molecule has 4 N–H and O–H groups in total. The van der Waals surface area contributed by atoms with E-state index >= 15 is 0 Å². The highest BCUT2D eigenvalue weighted by molar-refractivity contribution is 5.41. The molecule has 2 atom stereocenters. The van der Waals surface area contributed by atoms with Gasteiger partial charge in [0.1, 0.15) is 18.1 Å². The molecule has 2 aromatic rings. The summed E-state index contributed by atoms with van der Waals surface area (Å²) in [5, 5.41) is 19.4. The van der Waals surface area contributed by atoms with E-state index in [9.17, 15) is 10.2 Å². The van der Waals surface area contributed by atoms with Gasteiger partial charge in [-0.15, -0.1) is 0 Å². The zero-order valence-corrected chi connectivity index (χ0v) is 11.4. The lowest BCUT2D eigenvalue weighted by molar-refractivity contribution is 0.162. The number of aromatic hydroxyl groups is 1. The molecule has 4 nitrogen and oxygen atoms in total. The van der Waals surface area contributed by atoms with Crippen LogP contribution in [-0.4, -0.2) is 16.3 Å². The van der Waals surface area contributed by atoms with Gasteiger partial charge in [-0.25, -0.2) is 0 Å². The molecule has 0 bridgehead atoms. The Kier molecular flexibility index (Phi) is 4.61. The molecule has 2 rings (SSSR count). The third-order valence-electron chi connectivity index (χ3n) is 3.13. The van der Waals surface area contributed by atoms with Crippen molar-refractivity contribution >= 4 is 0 Å². The first-order valence-corrected chi connectivity index (χ1v) is 6.51. The second-order valence-electron chi connectivity index (χ2n) is 4.76. The minimum atomic E-state index is -0.725. The quantitative estimate of drug-likeness (QED) is 0.781. The van der Waals surface area contributed by atoms with Crippen LogP contribution in [0.3, 0.4) is 0 Å². The third-order valence-corrected chi connectivity index (χ3v) is 3.13. The summed E-state index contributed by atoms with van der Waals surface area (Å²) in [7, 11) is 0. The van der Waals surface area contributed by atoms with Crippen LogP contribution in [-0.2, 0) is 6.61 Å². The molecule has 2 aromatic carbocycles. The Morgan fingerprint density at radius 1 is 1.15 bits per heavy atom. The van der Waals surface area contributed by atoms with Crippen LogP contribution in [0.5, 0.6) is 11.5 Å². The Bertz CT molecular complexity index is 555. The van der Waals surface area contributed by atoms with Crippen LogP contribution in [0.2, 0.25) is 0 Å². The van der Waals surface area contributed by atoms with E-state index in [1.807, 2.05) is 30.3 Å². The minimum absolute atomic E-state index is 0.0314. The number of benzene rings is 2. The second kappa shape index (κ2) is 6.41. The van der Waals surface area contributed by atoms with Gasteiger partial charge in [0, 0.05) is 11.6 Å². The van der Waals surface area contributed by atoms with E-state index in [-0.39, 0.29) is 5.75 Å². The number of hydrogen-bond donors (Lipinski definition) is 3. The maximum absolute atomic E-state index is 9.94. The Labute approximate surface area is 118 Å². The van der Waals surface area contributed by atoms with Crippen LogP contribution in [0.4, 0.5) is 0 Å². The molecule has 0 aromatic heterocycles. The normalized spacial score (nSPS) is 13.8. The Balaban J connectivity index is 2.06. The lowest BCUT2D eigenvalue weighted by Crippen LogP contribution is -2.23. The number of aliphatic hydroxyl groups excluding tert-OH is 1. The molecule has 106 valence electrons. The highest BCUT2D eigenvalue weighted by Crippen LogP contribution is 2.29. The molecule has 0 heterocycles. The highest BCUT2D eigenvalue weighted by Gasteiger charge is 2.16. The van der Waals surface area contributed by atoms with E-state index in [1.165, 1.54) is 6.07 Å². The SMILES string of the molecule is C[C@H](O)[C@H](N)c1ccc(OCc2ccccc2)cc1O. The van der Waals surface area contributed by atoms with E-state index in [2.05, 4.69) is 0 Å². The van der Waals surface area contributed by atoms with Crippen molar-refractivity contribution in [3.8, 4) is 11.5 Å². The summed E-state index contributed by atoms with van der Waals surface area (Å²) in [5.74, 6) is 0.594. The summed E-state index contributed by atoms with van der Waals surface area (Å²) in [4.78, 5) is 0. The fraction of sp³-hybridized carbons (Fsp3) is 0.250. The number of phenolic OH excluding ortho intramolecular Hbond substituents is 1. The minimum Gasteiger partial charge on any atom is -0.507 e. The molecule has 4 heteroatoms. The lowest BCUT2D eigenvalue weighted by Gasteiger charge is -2.17. The average molecular weight is 273 g/mol. The smallest absolute Gasteiger partial charge is 0.124 e. The number of phenols is 1. The van der Waals surface area contributed by atoms with Crippen molar-refractivity contribution < 1.29 is 14.9 Å². The summed E-state index contributed by atoms with van der Waals surface area (Å²) < 4.78 is 5.60. The van der Waals surface area contributed by atoms with Crippen molar-refractivity contribution in [2.75, 3.05) is 0 Å². The average Bonchev–Trinajstić information content (AvgIpc) is 2.45. The van der Waals surface area contributed by atoms with Crippen LogP contribution < -0.4 is 10.5 Å². The molecule has 0 unspecified atom stereocenters. The zero-order valence-electron chi connectivity index (χ0n) is 11.4. The van der Waals surface area contributed by atoms with E-state index in [0.717, 1.165) is 5.56 Å². The van der Waals surface area contributed by atoms with Crippen LogP contribution in [0.15, 0.2) is 48.5 Å². The molecule has 20 heavy (non-hydrogen) atoms. The maximum Gasteiger partial charge on any atom is 0.124 e. The summed E-state index contributed by atoms with van der Waals surface area (Å²) in [5.41, 5.74) is 7.36. The Morgan fingerprint density at radius 3 is 2.45 bits per heavy atom. The standard InChI is InChI=1S/C16H19NO3/c1-11(18)16(17)14-8-7-13(9-15(14)19)20-10-12-5-3-2-4-6-12/h2-9,11,16,18-19H,10,17H2,1H3/t11-,16-/m0/s1. The van der Waals surface area contributed by atoms with Gasteiger partial charge in [-0.1, -0.05) is 30.3 Å². The predicted molar refractivity (Wildman–Crippen MR) is 77.5 cm³/mol. The largest absolute Gasteiger partial charge is 0.507 e. The first-order valence-electron chi connectivity index (χ1n) is 6.51. The molecule has 0 amide bonds. The predicted octanol–water partition coefficient (Wildman–Crippen LogP) is 2.35. The van der Waals surface area contributed by atoms with Crippen molar-refractivity contribution in [2.24, 2.45) is 5.73 Å². The Hall–Kier alpha value is -2.04. The highest BCUT2D eigenvalue weighted by atomic mass is 16.5. The van der Waals surface area contributed by atoms with E-state index in [0.29, 0.717) is 17.9 Å². The number of nitrogens with two attached hydrogens (primary N) is 1. The lowest BCUT2D eigenvalue weighted by atomic mass is 10.0. The maximum atomic E-state index is 9.94. The fourth-order valence-electron chi connectivity index (χ4n) is 1.90. The van der Waals surface area contributed by atoms with Crippen molar-refractivity contribution in [3.63, 3.8) is 0 Å². The molecule has 0 aliphatic heterocycles. The van der Waals surface area contributed by atoms with Gasteiger partial charge in [0.15, 0.2) is 0 Å². The van der Waals surface area contributed by atoms with Crippen molar-refractivity contribution in [2.45, 2.75) is 25.7 Å². The molecule has 0 radical (unpaired) electrons. The summed E-state index contributed by atoms with van der Waals surface area (Å²) in [6.45, 7) is 2.02. The van der Waals surface area contributed by atoms with Gasteiger partial charge in [0.25, 0.3) is 0 Å². The number of ether oxygens (including phenoxy) is 1. The van der Waals surface area contributed by atoms with Gasteiger partial charge in [0.05, 0.1) is 12.1 Å². The van der Waals surface area contributed by atoms with Crippen LogP contribution in [0.1, 0.15) is 24.1 Å². The molecule has 0 aliphatic carbocycles. The first kappa shape index (κ1) is 14.4. The molecular formula is C16H19NO3. The second-order valence-corrected chi connectivity index (χ2v) is 4.76. The Morgan fingerprint density at radius 2 is 1.85 bits per heavy atom. The van der Waals surface area contributed by atoms with Gasteiger partial charge < -0.3 is 20.7 Å². The van der Waals surface area contributed by atoms with Crippen molar-refractivity contribution in [1.29, 1.82) is 0 Å². The zero-order chi connectivity index (χ0) is 14.5. The van der Waals surface area contributed by atoms with Gasteiger partial charge in [-0.3, -0.25) is 0 Å². The molecule has 0 fully saturated rings. The topological polar surface area (TPSA) is 75.7 Å². The number of aliphatic hydroxyl groups is 1. The van der Waals surface area contributed by atoms with Crippen molar-refractivity contribution in [3.05, 3.63) is 59.7 Å². The third kappa shape index (κ3) is 3.50. The van der Waals surface area contributed by atoms with Crippen molar-refractivity contribution in [1.82, 2.24) is 0 Å². The summed E-state index contributed by atoms with van der Waals surface area (Å²) in [6.07, 6.45) is -0.725. The van der Waals surface area contributed by atoms with Crippen LogP contribution in [0.25, 0.3) is 0 Å². The summed E-state index contributed by atoms with van der Waals surface area (Å²) in [6, 6.07) is 14.1.